The monoisotopic (exact) mass is 292 g/mol. The molecule has 0 saturated carbocycles. The van der Waals surface area contributed by atoms with Crippen LogP contribution < -0.4 is 0 Å². The third-order valence-electron chi connectivity index (χ3n) is 5.20. The normalized spacial score (nSPS) is 19.2. The lowest BCUT2D eigenvalue weighted by atomic mass is 10.00. The van der Waals surface area contributed by atoms with Gasteiger partial charge in [-0.15, -0.1) is 0 Å². The Balaban J connectivity index is 1.83. The molecule has 0 radical (unpaired) electrons. The SMILES string of the molecule is Cc1ccc2c(c1)C(N1CCN(C)CC1)c1cc(C)ccc1-2. The van der Waals surface area contributed by atoms with Gasteiger partial charge in [0, 0.05) is 26.2 Å². The minimum Gasteiger partial charge on any atom is -0.304 e. The van der Waals surface area contributed by atoms with Gasteiger partial charge in [0.2, 0.25) is 0 Å². The maximum atomic E-state index is 2.67. The molecule has 1 saturated heterocycles. The predicted octanol–water partition coefficient (Wildman–Crippen LogP) is 3.62. The summed E-state index contributed by atoms with van der Waals surface area (Å²) in [5.41, 5.74) is 8.61. The molecule has 1 aliphatic carbocycles. The van der Waals surface area contributed by atoms with Crippen LogP contribution in [0.3, 0.4) is 0 Å². The lowest BCUT2D eigenvalue weighted by molar-refractivity contribution is 0.129. The first-order valence-electron chi connectivity index (χ1n) is 8.27. The smallest absolute Gasteiger partial charge is 0.0615 e. The number of nitrogens with zero attached hydrogens (tertiary/aromatic N) is 2. The lowest BCUT2D eigenvalue weighted by Crippen LogP contribution is -2.45. The van der Waals surface area contributed by atoms with E-state index in [1.807, 2.05) is 0 Å². The van der Waals surface area contributed by atoms with Crippen molar-refractivity contribution in [2.75, 3.05) is 33.2 Å². The highest BCUT2D eigenvalue weighted by molar-refractivity contribution is 5.79. The molecule has 0 aromatic heterocycles. The van der Waals surface area contributed by atoms with E-state index >= 15 is 0 Å². The number of benzene rings is 2. The fraction of sp³-hybridized carbons (Fsp3) is 0.400. The van der Waals surface area contributed by atoms with Gasteiger partial charge in [-0.3, -0.25) is 4.90 Å². The second-order valence-corrected chi connectivity index (χ2v) is 6.92. The number of fused-ring (bicyclic) bond motifs is 3. The number of hydrogen-bond donors (Lipinski definition) is 0. The van der Waals surface area contributed by atoms with Crippen LogP contribution in [0.4, 0.5) is 0 Å². The zero-order chi connectivity index (χ0) is 15.3. The summed E-state index contributed by atoms with van der Waals surface area (Å²) in [7, 11) is 2.22. The Hall–Kier alpha value is -1.64. The van der Waals surface area contributed by atoms with Gasteiger partial charge in [-0.2, -0.15) is 0 Å². The van der Waals surface area contributed by atoms with Crippen molar-refractivity contribution in [1.82, 2.24) is 9.80 Å². The summed E-state index contributed by atoms with van der Waals surface area (Å²) >= 11 is 0. The average molecular weight is 292 g/mol. The van der Waals surface area contributed by atoms with Gasteiger partial charge >= 0.3 is 0 Å². The number of aryl methyl sites for hydroxylation is 2. The maximum Gasteiger partial charge on any atom is 0.0615 e. The Kier molecular flexibility index (Phi) is 3.32. The zero-order valence-corrected chi connectivity index (χ0v) is 13.8. The van der Waals surface area contributed by atoms with Gasteiger partial charge in [-0.25, -0.2) is 0 Å². The van der Waals surface area contributed by atoms with Crippen molar-refractivity contribution < 1.29 is 0 Å². The third kappa shape index (κ3) is 2.18. The highest BCUT2D eigenvalue weighted by Crippen LogP contribution is 2.47. The van der Waals surface area contributed by atoms with Crippen LogP contribution in [0.25, 0.3) is 11.1 Å². The Labute approximate surface area is 133 Å². The number of likely N-dealkylation sites (N-methyl/N-ethyl adjacent to an activating group) is 1. The molecule has 2 aromatic rings. The van der Waals surface area contributed by atoms with E-state index in [1.165, 1.54) is 46.5 Å². The van der Waals surface area contributed by atoms with Crippen molar-refractivity contribution in [3.05, 3.63) is 58.7 Å². The van der Waals surface area contributed by atoms with Crippen LogP contribution in [0.1, 0.15) is 28.3 Å². The maximum absolute atomic E-state index is 2.67. The summed E-state index contributed by atoms with van der Waals surface area (Å²) in [5.74, 6) is 0. The molecule has 1 fully saturated rings. The Bertz CT molecular complexity index is 660. The van der Waals surface area contributed by atoms with Crippen molar-refractivity contribution in [3.8, 4) is 11.1 Å². The zero-order valence-electron chi connectivity index (χ0n) is 13.8. The Morgan fingerprint density at radius 2 is 1.27 bits per heavy atom. The van der Waals surface area contributed by atoms with Crippen molar-refractivity contribution in [2.24, 2.45) is 0 Å². The molecular weight excluding hydrogens is 268 g/mol. The second-order valence-electron chi connectivity index (χ2n) is 6.92. The molecule has 2 heteroatoms. The van der Waals surface area contributed by atoms with Crippen LogP contribution in [-0.2, 0) is 0 Å². The summed E-state index contributed by atoms with van der Waals surface area (Å²) < 4.78 is 0. The van der Waals surface area contributed by atoms with E-state index in [0.717, 1.165) is 13.1 Å². The Morgan fingerprint density at radius 1 is 0.773 bits per heavy atom. The van der Waals surface area contributed by atoms with Gasteiger partial charge in [-0.1, -0.05) is 47.5 Å². The minimum absolute atomic E-state index is 0.443. The van der Waals surface area contributed by atoms with E-state index in [0.29, 0.717) is 6.04 Å². The number of piperazine rings is 1. The first-order valence-corrected chi connectivity index (χ1v) is 8.27. The summed E-state index contributed by atoms with van der Waals surface area (Å²) in [6.45, 7) is 9.05. The summed E-state index contributed by atoms with van der Waals surface area (Å²) in [5, 5.41) is 0. The van der Waals surface area contributed by atoms with Gasteiger partial charge < -0.3 is 4.90 Å². The molecule has 0 unspecified atom stereocenters. The van der Waals surface area contributed by atoms with E-state index in [1.54, 1.807) is 0 Å². The van der Waals surface area contributed by atoms with E-state index < -0.39 is 0 Å². The molecule has 0 N–H and O–H groups in total. The van der Waals surface area contributed by atoms with Crippen LogP contribution in [0.15, 0.2) is 36.4 Å². The first kappa shape index (κ1) is 14.0. The van der Waals surface area contributed by atoms with E-state index in [2.05, 4.69) is 67.1 Å². The van der Waals surface area contributed by atoms with Crippen LogP contribution >= 0.6 is 0 Å². The van der Waals surface area contributed by atoms with Crippen molar-refractivity contribution >= 4 is 0 Å². The molecular formula is C20H24N2. The molecule has 2 nitrogen and oxygen atoms in total. The third-order valence-corrected chi connectivity index (χ3v) is 5.20. The summed E-state index contributed by atoms with van der Waals surface area (Å²) in [6.07, 6.45) is 0. The molecule has 22 heavy (non-hydrogen) atoms. The quantitative estimate of drug-likeness (QED) is 0.792. The second kappa shape index (κ2) is 5.22. The van der Waals surface area contributed by atoms with Crippen LogP contribution in [0.5, 0.6) is 0 Å². The van der Waals surface area contributed by atoms with Gasteiger partial charge in [0.05, 0.1) is 6.04 Å². The molecule has 1 heterocycles. The summed E-state index contributed by atoms with van der Waals surface area (Å²) in [6, 6.07) is 14.4. The average Bonchev–Trinajstić information content (AvgIpc) is 2.80. The predicted molar refractivity (Wildman–Crippen MR) is 92.3 cm³/mol. The van der Waals surface area contributed by atoms with Crippen molar-refractivity contribution in [2.45, 2.75) is 19.9 Å². The largest absolute Gasteiger partial charge is 0.304 e. The number of rotatable bonds is 1. The highest BCUT2D eigenvalue weighted by Gasteiger charge is 2.34. The standard InChI is InChI=1S/C20H24N2/c1-14-4-6-16-17-7-5-15(2)13-19(17)20(18(16)12-14)22-10-8-21(3)9-11-22/h4-7,12-13,20H,8-11H2,1-3H3. The first-order chi connectivity index (χ1) is 10.6. The molecule has 0 atom stereocenters. The highest BCUT2D eigenvalue weighted by atomic mass is 15.3. The lowest BCUT2D eigenvalue weighted by Gasteiger charge is -2.37. The van der Waals surface area contributed by atoms with E-state index in [-0.39, 0.29) is 0 Å². The van der Waals surface area contributed by atoms with Gasteiger partial charge in [-0.05, 0) is 43.1 Å². The topological polar surface area (TPSA) is 6.48 Å². The van der Waals surface area contributed by atoms with Crippen LogP contribution in [0, 0.1) is 13.8 Å². The minimum atomic E-state index is 0.443. The fourth-order valence-corrected chi connectivity index (χ4v) is 3.95. The van der Waals surface area contributed by atoms with Gasteiger partial charge in [0.15, 0.2) is 0 Å². The van der Waals surface area contributed by atoms with E-state index in [9.17, 15) is 0 Å². The molecule has 2 aliphatic rings. The molecule has 4 rings (SSSR count). The van der Waals surface area contributed by atoms with E-state index in [4.69, 9.17) is 0 Å². The van der Waals surface area contributed by atoms with Crippen LogP contribution in [0.2, 0.25) is 0 Å². The van der Waals surface area contributed by atoms with Gasteiger partial charge in [0.25, 0.3) is 0 Å². The van der Waals surface area contributed by atoms with Gasteiger partial charge in [0.1, 0.15) is 0 Å². The Morgan fingerprint density at radius 3 is 1.77 bits per heavy atom. The molecule has 0 spiro atoms. The van der Waals surface area contributed by atoms with Crippen molar-refractivity contribution in [3.63, 3.8) is 0 Å². The molecule has 114 valence electrons. The molecule has 0 amide bonds. The fourth-order valence-electron chi connectivity index (χ4n) is 3.95. The molecule has 0 bridgehead atoms. The summed E-state index contributed by atoms with van der Waals surface area (Å²) in [4.78, 5) is 5.10. The number of hydrogen-bond acceptors (Lipinski definition) is 2. The van der Waals surface area contributed by atoms with Crippen LogP contribution in [-0.4, -0.2) is 43.0 Å². The molecule has 1 aliphatic heterocycles. The molecule has 2 aromatic carbocycles. The van der Waals surface area contributed by atoms with Crippen molar-refractivity contribution in [1.29, 1.82) is 0 Å².